The highest BCUT2D eigenvalue weighted by Gasteiger charge is 2.16. The maximum Gasteiger partial charge on any atom is 0.237 e. The number of primary amides is 1. The van der Waals surface area contributed by atoms with Gasteiger partial charge in [-0.1, -0.05) is 6.07 Å². The van der Waals surface area contributed by atoms with Crippen LogP contribution < -0.4 is 26.3 Å². The third kappa shape index (κ3) is 3.61. The zero-order chi connectivity index (χ0) is 14.5. The van der Waals surface area contributed by atoms with E-state index >= 15 is 0 Å². The molecule has 5 N–H and O–H groups in total. The highest BCUT2D eigenvalue weighted by Crippen LogP contribution is 2.30. The summed E-state index contributed by atoms with van der Waals surface area (Å²) in [6.07, 6.45) is -0.174. The summed E-state index contributed by atoms with van der Waals surface area (Å²) in [5.74, 6) is 0.326. The molecule has 0 aliphatic carbocycles. The number of benzene rings is 1. The third-order valence-electron chi connectivity index (χ3n) is 2.83. The molecule has 0 radical (unpaired) electrons. The molecule has 108 valence electrons. The lowest BCUT2D eigenvalue weighted by Crippen LogP contribution is -2.42. The molecule has 2 rings (SSSR count). The van der Waals surface area contributed by atoms with Gasteiger partial charge < -0.3 is 26.3 Å². The number of rotatable bonds is 5. The van der Waals surface area contributed by atoms with Crippen molar-refractivity contribution in [1.82, 2.24) is 5.32 Å². The molecule has 1 unspecified atom stereocenters. The quantitative estimate of drug-likeness (QED) is 0.657. The standard InChI is InChI=1S/C13H17N3O4/c14-9(6-12(15)17)13(18)16-7-8-1-2-10-11(5-8)20-4-3-19-10/h1-2,5,9H,3-4,6-7,14H2,(H2,15,17)(H,16,18). The lowest BCUT2D eigenvalue weighted by atomic mass is 10.1. The Morgan fingerprint density at radius 1 is 1.25 bits per heavy atom. The molecule has 1 atom stereocenters. The van der Waals surface area contributed by atoms with Gasteiger partial charge in [0.2, 0.25) is 11.8 Å². The number of hydrogen-bond acceptors (Lipinski definition) is 5. The maximum absolute atomic E-state index is 11.6. The van der Waals surface area contributed by atoms with Crippen LogP contribution in [0.25, 0.3) is 0 Å². The SMILES string of the molecule is NC(=O)CC(N)C(=O)NCc1ccc2c(c1)OCCO2. The Morgan fingerprint density at radius 3 is 2.65 bits per heavy atom. The van der Waals surface area contributed by atoms with Crippen LogP contribution in [0.4, 0.5) is 0 Å². The summed E-state index contributed by atoms with van der Waals surface area (Å²) in [6.45, 7) is 1.33. The molecule has 20 heavy (non-hydrogen) atoms. The molecule has 7 heteroatoms. The van der Waals surface area contributed by atoms with Gasteiger partial charge in [0.05, 0.1) is 12.5 Å². The van der Waals surface area contributed by atoms with E-state index in [2.05, 4.69) is 5.32 Å². The van der Waals surface area contributed by atoms with Gasteiger partial charge in [-0.15, -0.1) is 0 Å². The van der Waals surface area contributed by atoms with Crippen molar-refractivity contribution in [3.05, 3.63) is 23.8 Å². The molecular formula is C13H17N3O4. The summed E-state index contributed by atoms with van der Waals surface area (Å²) in [7, 11) is 0. The van der Waals surface area contributed by atoms with Gasteiger partial charge in [0, 0.05) is 6.54 Å². The Morgan fingerprint density at radius 2 is 1.95 bits per heavy atom. The van der Waals surface area contributed by atoms with Crippen molar-refractivity contribution in [2.24, 2.45) is 11.5 Å². The average Bonchev–Trinajstić information content (AvgIpc) is 2.43. The molecule has 7 nitrogen and oxygen atoms in total. The summed E-state index contributed by atoms with van der Waals surface area (Å²) >= 11 is 0. The molecule has 0 bridgehead atoms. The molecule has 1 aromatic rings. The molecular weight excluding hydrogens is 262 g/mol. The van der Waals surface area contributed by atoms with E-state index in [0.717, 1.165) is 5.56 Å². The van der Waals surface area contributed by atoms with Gasteiger partial charge in [0.15, 0.2) is 11.5 Å². The van der Waals surface area contributed by atoms with Crippen LogP contribution in [0.5, 0.6) is 11.5 Å². The third-order valence-corrected chi connectivity index (χ3v) is 2.83. The second kappa shape index (κ2) is 6.25. The van der Waals surface area contributed by atoms with Gasteiger partial charge in [-0.2, -0.15) is 0 Å². The van der Waals surface area contributed by atoms with E-state index in [9.17, 15) is 9.59 Å². The van der Waals surface area contributed by atoms with Crippen LogP contribution in [-0.2, 0) is 16.1 Å². The predicted octanol–water partition coefficient (Wildman–Crippen LogP) is -0.723. The van der Waals surface area contributed by atoms with Crippen LogP contribution in [0, 0.1) is 0 Å². The molecule has 1 aliphatic rings. The molecule has 0 saturated heterocycles. The van der Waals surface area contributed by atoms with E-state index in [1.807, 2.05) is 6.07 Å². The maximum atomic E-state index is 11.6. The number of carbonyl (C=O) groups is 2. The van der Waals surface area contributed by atoms with E-state index in [0.29, 0.717) is 31.3 Å². The van der Waals surface area contributed by atoms with Gasteiger partial charge in [0.1, 0.15) is 13.2 Å². The highest BCUT2D eigenvalue weighted by molar-refractivity contribution is 5.87. The molecule has 0 saturated carbocycles. The average molecular weight is 279 g/mol. The molecule has 0 spiro atoms. The van der Waals surface area contributed by atoms with E-state index in [-0.39, 0.29) is 6.42 Å². The van der Waals surface area contributed by atoms with Crippen molar-refractivity contribution in [3.63, 3.8) is 0 Å². The second-order valence-electron chi connectivity index (χ2n) is 4.47. The van der Waals surface area contributed by atoms with E-state index in [1.54, 1.807) is 12.1 Å². The second-order valence-corrected chi connectivity index (χ2v) is 4.47. The first-order valence-electron chi connectivity index (χ1n) is 6.26. The van der Waals surface area contributed by atoms with Crippen LogP contribution in [0.15, 0.2) is 18.2 Å². The fourth-order valence-electron chi connectivity index (χ4n) is 1.83. The minimum absolute atomic E-state index is 0.174. The summed E-state index contributed by atoms with van der Waals surface area (Å²) in [6, 6.07) is 4.49. The number of carbonyl (C=O) groups excluding carboxylic acids is 2. The van der Waals surface area contributed by atoms with Gasteiger partial charge >= 0.3 is 0 Å². The summed E-state index contributed by atoms with van der Waals surface area (Å²) < 4.78 is 10.8. The van der Waals surface area contributed by atoms with Gasteiger partial charge in [-0.05, 0) is 17.7 Å². The molecule has 1 aliphatic heterocycles. The Kier molecular flexibility index (Phi) is 4.41. The Labute approximate surface area is 116 Å². The van der Waals surface area contributed by atoms with Crippen molar-refractivity contribution in [2.45, 2.75) is 19.0 Å². The Hall–Kier alpha value is -2.28. The normalized spacial score (nSPS) is 14.4. The number of ether oxygens (including phenoxy) is 2. The molecule has 0 fully saturated rings. The number of nitrogens with one attached hydrogen (secondary N) is 1. The predicted molar refractivity (Wildman–Crippen MR) is 71.1 cm³/mol. The van der Waals surface area contributed by atoms with Crippen LogP contribution in [0.1, 0.15) is 12.0 Å². The lowest BCUT2D eigenvalue weighted by molar-refractivity contribution is -0.126. The summed E-state index contributed by atoms with van der Waals surface area (Å²) in [5.41, 5.74) is 11.4. The van der Waals surface area contributed by atoms with Gasteiger partial charge in [0.25, 0.3) is 0 Å². The van der Waals surface area contributed by atoms with Crippen molar-refractivity contribution in [1.29, 1.82) is 0 Å². The first-order valence-corrected chi connectivity index (χ1v) is 6.26. The zero-order valence-electron chi connectivity index (χ0n) is 10.9. The van der Waals surface area contributed by atoms with E-state index < -0.39 is 17.9 Å². The minimum atomic E-state index is -0.926. The van der Waals surface area contributed by atoms with Crippen LogP contribution in [0.2, 0.25) is 0 Å². The number of fused-ring (bicyclic) bond motifs is 1. The smallest absolute Gasteiger partial charge is 0.237 e. The van der Waals surface area contributed by atoms with Crippen LogP contribution in [0.3, 0.4) is 0 Å². The van der Waals surface area contributed by atoms with Crippen LogP contribution in [-0.4, -0.2) is 31.1 Å². The molecule has 2 amide bonds. The Balaban J connectivity index is 1.90. The largest absolute Gasteiger partial charge is 0.486 e. The summed E-state index contributed by atoms with van der Waals surface area (Å²) in [4.78, 5) is 22.3. The molecule has 0 aromatic heterocycles. The number of amides is 2. The van der Waals surface area contributed by atoms with E-state index in [4.69, 9.17) is 20.9 Å². The van der Waals surface area contributed by atoms with Gasteiger partial charge in [-0.25, -0.2) is 0 Å². The first-order chi connectivity index (χ1) is 9.56. The van der Waals surface area contributed by atoms with Crippen molar-refractivity contribution >= 4 is 11.8 Å². The monoisotopic (exact) mass is 279 g/mol. The first kappa shape index (κ1) is 14.1. The minimum Gasteiger partial charge on any atom is -0.486 e. The topological polar surface area (TPSA) is 117 Å². The van der Waals surface area contributed by atoms with Crippen molar-refractivity contribution < 1.29 is 19.1 Å². The Bertz CT molecular complexity index is 518. The number of nitrogens with two attached hydrogens (primary N) is 2. The lowest BCUT2D eigenvalue weighted by Gasteiger charge is -2.19. The number of hydrogen-bond donors (Lipinski definition) is 3. The van der Waals surface area contributed by atoms with Gasteiger partial charge in [-0.3, -0.25) is 9.59 Å². The van der Waals surface area contributed by atoms with Crippen molar-refractivity contribution in [3.8, 4) is 11.5 Å². The van der Waals surface area contributed by atoms with Crippen molar-refractivity contribution in [2.75, 3.05) is 13.2 Å². The fraction of sp³-hybridized carbons (Fsp3) is 0.385. The van der Waals surface area contributed by atoms with Crippen LogP contribution >= 0.6 is 0 Å². The molecule has 1 heterocycles. The fourth-order valence-corrected chi connectivity index (χ4v) is 1.83. The molecule has 1 aromatic carbocycles. The van der Waals surface area contributed by atoms with E-state index in [1.165, 1.54) is 0 Å². The highest BCUT2D eigenvalue weighted by atomic mass is 16.6. The summed E-state index contributed by atoms with van der Waals surface area (Å²) in [5, 5.41) is 2.64. The zero-order valence-corrected chi connectivity index (χ0v) is 10.9.